The van der Waals surface area contributed by atoms with Gasteiger partial charge in [0.2, 0.25) is 0 Å². The highest BCUT2D eigenvalue weighted by molar-refractivity contribution is 6.30. The summed E-state index contributed by atoms with van der Waals surface area (Å²) in [5, 5.41) is 3.23. The molecule has 1 amide bonds. The first-order valence-electron chi connectivity index (χ1n) is 8.48. The summed E-state index contributed by atoms with van der Waals surface area (Å²) >= 11 is 5.93. The Balaban J connectivity index is 1.47. The van der Waals surface area contributed by atoms with Crippen molar-refractivity contribution in [3.8, 4) is 11.3 Å². The highest BCUT2D eigenvalue weighted by Gasteiger charge is 2.30. The van der Waals surface area contributed by atoms with Crippen LogP contribution in [-0.4, -0.2) is 15.3 Å². The standard InChI is InChI=1S/C20H13ClF3N3O2/c21-14-4-7-18-26-15(11-27(18)10-14)9-25-19(28)17-6-5-16(29-17)12-2-1-3-13(8-12)20(22,23)24/h1-8,10-11H,9H2,(H,25,28). The molecule has 0 aliphatic heterocycles. The van der Waals surface area contributed by atoms with Gasteiger partial charge in [-0.05, 0) is 36.4 Å². The molecule has 0 atom stereocenters. The first-order valence-corrected chi connectivity index (χ1v) is 8.86. The zero-order valence-corrected chi connectivity index (χ0v) is 15.5. The number of alkyl halides is 3. The Morgan fingerprint density at radius 2 is 1.97 bits per heavy atom. The lowest BCUT2D eigenvalue weighted by Gasteiger charge is -2.07. The molecular formula is C20H13ClF3N3O2. The molecule has 0 aliphatic rings. The summed E-state index contributed by atoms with van der Waals surface area (Å²) in [6.07, 6.45) is -1.03. The van der Waals surface area contributed by atoms with Crippen molar-refractivity contribution in [1.82, 2.24) is 14.7 Å². The van der Waals surface area contributed by atoms with Crippen molar-refractivity contribution in [3.05, 3.63) is 83.0 Å². The van der Waals surface area contributed by atoms with Gasteiger partial charge in [-0.15, -0.1) is 0 Å². The number of carbonyl (C=O) groups excluding carboxylic acids is 1. The highest BCUT2D eigenvalue weighted by Crippen LogP contribution is 2.32. The molecule has 0 radical (unpaired) electrons. The molecule has 9 heteroatoms. The molecule has 3 aromatic heterocycles. The van der Waals surface area contributed by atoms with E-state index in [1.165, 1.54) is 24.3 Å². The van der Waals surface area contributed by atoms with Gasteiger partial charge in [0.15, 0.2) is 5.76 Å². The number of fused-ring (bicyclic) bond motifs is 1. The molecule has 0 saturated carbocycles. The fourth-order valence-corrected chi connectivity index (χ4v) is 2.99. The zero-order chi connectivity index (χ0) is 20.6. The Labute approximate surface area is 167 Å². The first kappa shape index (κ1) is 19.1. The second-order valence-corrected chi connectivity index (χ2v) is 6.71. The van der Waals surface area contributed by atoms with Crippen LogP contribution in [0.15, 0.2) is 65.3 Å². The SMILES string of the molecule is O=C(NCc1cn2cc(Cl)ccc2n1)c1ccc(-c2cccc(C(F)(F)F)c2)o1. The Hall–Kier alpha value is -3.26. The Bertz CT molecular complexity index is 1200. The van der Waals surface area contributed by atoms with Crippen molar-refractivity contribution in [1.29, 1.82) is 0 Å². The largest absolute Gasteiger partial charge is 0.451 e. The number of furan rings is 1. The number of imidazole rings is 1. The number of amides is 1. The third-order valence-corrected chi connectivity index (χ3v) is 4.42. The maximum atomic E-state index is 12.9. The van der Waals surface area contributed by atoms with Gasteiger partial charge >= 0.3 is 6.18 Å². The summed E-state index contributed by atoms with van der Waals surface area (Å²) < 4.78 is 45.8. The van der Waals surface area contributed by atoms with Crippen LogP contribution in [0.3, 0.4) is 0 Å². The van der Waals surface area contributed by atoms with Gasteiger partial charge < -0.3 is 14.1 Å². The van der Waals surface area contributed by atoms with Crippen molar-refractivity contribution in [3.63, 3.8) is 0 Å². The lowest BCUT2D eigenvalue weighted by molar-refractivity contribution is -0.137. The molecule has 0 fully saturated rings. The minimum Gasteiger partial charge on any atom is -0.451 e. The van der Waals surface area contributed by atoms with Crippen LogP contribution in [0.25, 0.3) is 17.0 Å². The van der Waals surface area contributed by atoms with E-state index in [-0.39, 0.29) is 23.6 Å². The lowest BCUT2D eigenvalue weighted by Crippen LogP contribution is -2.22. The molecule has 0 aliphatic carbocycles. The fraction of sp³-hybridized carbons (Fsp3) is 0.100. The van der Waals surface area contributed by atoms with Gasteiger partial charge in [0.25, 0.3) is 5.91 Å². The Kier molecular flexibility index (Phi) is 4.79. The van der Waals surface area contributed by atoms with Crippen LogP contribution in [0.5, 0.6) is 0 Å². The van der Waals surface area contributed by atoms with Gasteiger partial charge in [-0.25, -0.2) is 4.98 Å². The van der Waals surface area contributed by atoms with E-state index in [1.807, 2.05) is 0 Å². The van der Waals surface area contributed by atoms with Crippen LogP contribution in [0, 0.1) is 0 Å². The molecule has 4 rings (SSSR count). The second kappa shape index (κ2) is 7.29. The summed E-state index contributed by atoms with van der Waals surface area (Å²) in [6, 6.07) is 11.1. The fourth-order valence-electron chi connectivity index (χ4n) is 2.82. The van der Waals surface area contributed by atoms with Gasteiger partial charge in [-0.1, -0.05) is 23.7 Å². The molecule has 0 bridgehead atoms. The number of carbonyl (C=O) groups is 1. The second-order valence-electron chi connectivity index (χ2n) is 6.27. The monoisotopic (exact) mass is 419 g/mol. The van der Waals surface area contributed by atoms with E-state index in [9.17, 15) is 18.0 Å². The summed E-state index contributed by atoms with van der Waals surface area (Å²) in [6.45, 7) is 0.151. The third-order valence-electron chi connectivity index (χ3n) is 4.20. The number of benzene rings is 1. The molecule has 148 valence electrons. The highest BCUT2D eigenvalue weighted by atomic mass is 35.5. The Morgan fingerprint density at radius 1 is 1.14 bits per heavy atom. The summed E-state index contributed by atoms with van der Waals surface area (Å²) in [4.78, 5) is 16.7. The minimum absolute atomic E-state index is 0.00998. The molecule has 5 nitrogen and oxygen atoms in total. The quantitative estimate of drug-likeness (QED) is 0.495. The predicted molar refractivity (Wildman–Crippen MR) is 101 cm³/mol. The molecule has 0 unspecified atom stereocenters. The molecule has 0 saturated heterocycles. The third kappa shape index (κ3) is 4.12. The van der Waals surface area contributed by atoms with E-state index < -0.39 is 17.6 Å². The van der Waals surface area contributed by atoms with Crippen LogP contribution in [-0.2, 0) is 12.7 Å². The van der Waals surface area contributed by atoms with Crippen LogP contribution in [0.4, 0.5) is 13.2 Å². The number of aromatic nitrogens is 2. The number of halogens is 4. The summed E-state index contributed by atoms with van der Waals surface area (Å²) in [5.41, 5.74) is 0.745. The van der Waals surface area contributed by atoms with Crippen LogP contribution < -0.4 is 5.32 Å². The predicted octanol–water partition coefficient (Wildman–Crippen LogP) is 5.20. The summed E-state index contributed by atoms with van der Waals surface area (Å²) in [5.74, 6) is -0.342. The van der Waals surface area contributed by atoms with Crippen LogP contribution in [0.1, 0.15) is 21.8 Å². The number of hydrogen-bond acceptors (Lipinski definition) is 3. The number of hydrogen-bond donors (Lipinski definition) is 1. The van der Waals surface area contributed by atoms with E-state index in [0.29, 0.717) is 16.4 Å². The maximum absolute atomic E-state index is 12.9. The molecule has 29 heavy (non-hydrogen) atoms. The minimum atomic E-state index is -4.46. The van der Waals surface area contributed by atoms with E-state index in [4.69, 9.17) is 16.0 Å². The molecule has 1 N–H and O–H groups in total. The van der Waals surface area contributed by atoms with Crippen molar-refractivity contribution < 1.29 is 22.4 Å². The van der Waals surface area contributed by atoms with E-state index in [2.05, 4.69) is 10.3 Å². The molecule has 0 spiro atoms. The van der Waals surface area contributed by atoms with E-state index in [1.54, 1.807) is 28.9 Å². The van der Waals surface area contributed by atoms with Crippen molar-refractivity contribution in [2.45, 2.75) is 12.7 Å². The normalized spacial score (nSPS) is 11.7. The number of rotatable bonds is 4. The average Bonchev–Trinajstić information content (AvgIpc) is 3.32. The molecule has 4 aromatic rings. The van der Waals surface area contributed by atoms with Gasteiger partial charge in [0.05, 0.1) is 22.8 Å². The van der Waals surface area contributed by atoms with Gasteiger partial charge in [0.1, 0.15) is 11.4 Å². The van der Waals surface area contributed by atoms with Crippen molar-refractivity contribution in [2.75, 3.05) is 0 Å². The Morgan fingerprint density at radius 3 is 2.76 bits per heavy atom. The van der Waals surface area contributed by atoms with Gasteiger partial charge in [-0.3, -0.25) is 4.79 Å². The van der Waals surface area contributed by atoms with Crippen molar-refractivity contribution >= 4 is 23.2 Å². The summed E-state index contributed by atoms with van der Waals surface area (Å²) in [7, 11) is 0. The van der Waals surface area contributed by atoms with Gasteiger partial charge in [0, 0.05) is 18.0 Å². The number of pyridine rings is 1. The van der Waals surface area contributed by atoms with E-state index >= 15 is 0 Å². The first-order chi connectivity index (χ1) is 13.8. The average molecular weight is 420 g/mol. The van der Waals surface area contributed by atoms with Gasteiger partial charge in [-0.2, -0.15) is 13.2 Å². The molecule has 1 aromatic carbocycles. The number of nitrogens with one attached hydrogen (secondary N) is 1. The topological polar surface area (TPSA) is 59.5 Å². The lowest BCUT2D eigenvalue weighted by atomic mass is 10.1. The molecular weight excluding hydrogens is 407 g/mol. The number of nitrogens with zero attached hydrogens (tertiary/aromatic N) is 2. The maximum Gasteiger partial charge on any atom is 0.416 e. The van der Waals surface area contributed by atoms with Crippen LogP contribution >= 0.6 is 11.6 Å². The van der Waals surface area contributed by atoms with Crippen LogP contribution in [0.2, 0.25) is 5.02 Å². The molecule has 3 heterocycles. The zero-order valence-electron chi connectivity index (χ0n) is 14.7. The van der Waals surface area contributed by atoms with Crippen molar-refractivity contribution in [2.24, 2.45) is 0 Å². The smallest absolute Gasteiger partial charge is 0.416 e. The van der Waals surface area contributed by atoms with E-state index in [0.717, 1.165) is 12.1 Å².